The molecule has 0 radical (unpaired) electrons. The second-order valence-corrected chi connectivity index (χ2v) is 3.14. The summed E-state index contributed by atoms with van der Waals surface area (Å²) in [5, 5.41) is 5.53. The van der Waals surface area contributed by atoms with Gasteiger partial charge in [0.25, 0.3) is 5.56 Å². The highest BCUT2D eigenvalue weighted by molar-refractivity contribution is 7.99. The zero-order valence-corrected chi connectivity index (χ0v) is 8.01. The quantitative estimate of drug-likeness (QED) is 0.482. The van der Waals surface area contributed by atoms with Crippen molar-refractivity contribution in [1.29, 1.82) is 0 Å². The van der Waals surface area contributed by atoms with Gasteiger partial charge in [0.05, 0.1) is 12.9 Å². The number of nitrogens with zero attached hydrogens (tertiary/aromatic N) is 1. The normalized spacial score (nSPS) is 9.79. The Kier molecular flexibility index (Phi) is 3.46. The Balaban J connectivity index is 2.73. The van der Waals surface area contributed by atoms with E-state index in [1.807, 2.05) is 10.1 Å². The van der Waals surface area contributed by atoms with Crippen LogP contribution in [-0.4, -0.2) is 34.0 Å². The topological polar surface area (TPSA) is 105 Å². The van der Waals surface area contributed by atoms with Crippen molar-refractivity contribution in [2.45, 2.75) is 5.03 Å². The van der Waals surface area contributed by atoms with Crippen LogP contribution in [0.4, 0.5) is 0 Å². The van der Waals surface area contributed by atoms with E-state index in [0.29, 0.717) is 0 Å². The van der Waals surface area contributed by atoms with Crippen LogP contribution in [0.15, 0.2) is 14.6 Å². The van der Waals surface area contributed by atoms with Crippen LogP contribution in [0.5, 0.6) is 0 Å². The lowest BCUT2D eigenvalue weighted by Gasteiger charge is -1.96. The van der Waals surface area contributed by atoms with Crippen molar-refractivity contribution in [2.24, 2.45) is 0 Å². The van der Waals surface area contributed by atoms with E-state index in [4.69, 9.17) is 0 Å². The zero-order valence-electron chi connectivity index (χ0n) is 7.20. The predicted molar refractivity (Wildman–Crippen MR) is 48.2 cm³/mol. The molecule has 8 heteroatoms. The fraction of sp³-hybridized carbons (Fsp3) is 0.333. The van der Waals surface area contributed by atoms with Crippen LogP contribution in [0, 0.1) is 0 Å². The van der Waals surface area contributed by atoms with Gasteiger partial charge in [-0.05, 0) is 0 Å². The monoisotopic (exact) mass is 217 g/mol. The summed E-state index contributed by atoms with van der Waals surface area (Å²) in [4.78, 5) is 34.3. The van der Waals surface area contributed by atoms with Crippen LogP contribution in [0.3, 0.4) is 0 Å². The molecule has 76 valence electrons. The largest absolute Gasteiger partial charge is 0.468 e. The van der Waals surface area contributed by atoms with E-state index in [9.17, 15) is 14.4 Å². The molecule has 0 bridgehead atoms. The number of ether oxygens (including phenoxy) is 1. The van der Waals surface area contributed by atoms with Crippen molar-refractivity contribution in [3.8, 4) is 0 Å². The van der Waals surface area contributed by atoms with Crippen molar-refractivity contribution in [2.75, 3.05) is 12.9 Å². The van der Waals surface area contributed by atoms with Gasteiger partial charge in [-0.1, -0.05) is 11.8 Å². The van der Waals surface area contributed by atoms with Gasteiger partial charge in [0.1, 0.15) is 0 Å². The van der Waals surface area contributed by atoms with Gasteiger partial charge in [-0.3, -0.25) is 14.6 Å². The molecular weight excluding hydrogens is 210 g/mol. The Labute approximate surface area is 81.9 Å². The summed E-state index contributed by atoms with van der Waals surface area (Å²) < 4.78 is 4.36. The molecule has 1 heterocycles. The van der Waals surface area contributed by atoms with Gasteiger partial charge in [0.15, 0.2) is 5.03 Å². The van der Waals surface area contributed by atoms with E-state index in [1.54, 1.807) is 0 Å². The van der Waals surface area contributed by atoms with Gasteiger partial charge in [0.2, 0.25) is 0 Å². The van der Waals surface area contributed by atoms with Gasteiger partial charge in [-0.15, -0.1) is 0 Å². The number of hydrogen-bond donors (Lipinski definition) is 2. The average Bonchev–Trinajstić information content (AvgIpc) is 2.16. The lowest BCUT2D eigenvalue weighted by atomic mass is 10.8. The van der Waals surface area contributed by atoms with Gasteiger partial charge in [0, 0.05) is 0 Å². The van der Waals surface area contributed by atoms with Crippen LogP contribution in [0.1, 0.15) is 0 Å². The molecule has 0 fully saturated rings. The number of aromatic nitrogens is 3. The van der Waals surface area contributed by atoms with E-state index < -0.39 is 17.2 Å². The summed E-state index contributed by atoms with van der Waals surface area (Å²) in [5.41, 5.74) is -1.31. The van der Waals surface area contributed by atoms with Crippen LogP contribution in [0.25, 0.3) is 0 Å². The number of carbonyl (C=O) groups excluding carboxylic acids is 1. The third-order valence-electron chi connectivity index (χ3n) is 1.23. The summed E-state index contributed by atoms with van der Waals surface area (Å²) in [7, 11) is 1.24. The molecule has 0 aliphatic rings. The number of carbonyl (C=O) groups is 1. The Bertz CT molecular complexity index is 437. The first-order valence-electron chi connectivity index (χ1n) is 3.52. The van der Waals surface area contributed by atoms with Crippen molar-refractivity contribution in [3.63, 3.8) is 0 Å². The lowest BCUT2D eigenvalue weighted by molar-refractivity contribution is -0.137. The third kappa shape index (κ3) is 2.73. The lowest BCUT2D eigenvalue weighted by Crippen LogP contribution is -2.25. The predicted octanol–water partition coefficient (Wildman–Crippen LogP) is -1.28. The van der Waals surface area contributed by atoms with Crippen LogP contribution >= 0.6 is 11.8 Å². The summed E-state index contributed by atoms with van der Waals surface area (Å²) in [6, 6.07) is 0. The average molecular weight is 217 g/mol. The fourth-order valence-corrected chi connectivity index (χ4v) is 1.29. The minimum absolute atomic E-state index is 0.0231. The Morgan fingerprint density at radius 2 is 2.29 bits per heavy atom. The molecule has 0 saturated heterocycles. The fourth-order valence-electron chi connectivity index (χ4n) is 0.621. The maximum atomic E-state index is 11.0. The molecule has 7 nitrogen and oxygen atoms in total. The number of nitrogens with one attached hydrogen (secondary N) is 2. The van der Waals surface area contributed by atoms with Crippen LogP contribution in [0.2, 0.25) is 0 Å². The number of esters is 1. The molecular formula is C6H7N3O4S. The molecule has 0 aliphatic heterocycles. The SMILES string of the molecule is COC(=O)CSc1n[nH]c(=O)[nH]c1=O. The van der Waals surface area contributed by atoms with Crippen molar-refractivity contribution >= 4 is 17.7 Å². The number of rotatable bonds is 3. The molecule has 0 spiro atoms. The maximum Gasteiger partial charge on any atom is 0.342 e. The summed E-state index contributed by atoms with van der Waals surface area (Å²) in [6.07, 6.45) is 0. The molecule has 0 aromatic carbocycles. The van der Waals surface area contributed by atoms with Crippen molar-refractivity contribution in [1.82, 2.24) is 15.2 Å². The van der Waals surface area contributed by atoms with Crippen molar-refractivity contribution < 1.29 is 9.53 Å². The highest BCUT2D eigenvalue weighted by Crippen LogP contribution is 2.07. The molecule has 1 rings (SSSR count). The molecule has 1 aromatic heterocycles. The standard InChI is InChI=1S/C6H7N3O4S/c1-13-3(10)2-14-5-4(11)7-6(12)9-8-5/h2H2,1H3,(H2,7,9,11,12). The number of thioether (sulfide) groups is 1. The van der Waals surface area contributed by atoms with Gasteiger partial charge in [-0.25, -0.2) is 9.89 Å². The van der Waals surface area contributed by atoms with Crippen molar-refractivity contribution in [3.05, 3.63) is 20.8 Å². The molecule has 0 unspecified atom stereocenters. The minimum Gasteiger partial charge on any atom is -0.468 e. The zero-order chi connectivity index (χ0) is 10.6. The third-order valence-corrected chi connectivity index (χ3v) is 2.16. The minimum atomic E-state index is -0.683. The Hall–Kier alpha value is -1.57. The second-order valence-electron chi connectivity index (χ2n) is 2.18. The molecule has 2 N–H and O–H groups in total. The van der Waals surface area contributed by atoms with E-state index in [-0.39, 0.29) is 10.8 Å². The second kappa shape index (κ2) is 4.61. The molecule has 0 aliphatic carbocycles. The maximum absolute atomic E-state index is 11.0. The Morgan fingerprint density at radius 1 is 1.57 bits per heavy atom. The Morgan fingerprint density at radius 3 is 2.86 bits per heavy atom. The van der Waals surface area contributed by atoms with Gasteiger partial charge < -0.3 is 4.74 Å². The molecule has 1 aromatic rings. The molecule has 0 amide bonds. The molecule has 0 atom stereocenters. The first-order chi connectivity index (χ1) is 6.63. The summed E-state index contributed by atoms with van der Waals surface area (Å²) >= 11 is 0.889. The van der Waals surface area contributed by atoms with E-state index in [0.717, 1.165) is 11.8 Å². The highest BCUT2D eigenvalue weighted by Gasteiger charge is 2.06. The van der Waals surface area contributed by atoms with Crippen LogP contribution < -0.4 is 11.2 Å². The molecule has 14 heavy (non-hydrogen) atoms. The number of aromatic amines is 2. The first kappa shape index (κ1) is 10.5. The molecule has 0 saturated carbocycles. The number of methoxy groups -OCH3 is 1. The smallest absolute Gasteiger partial charge is 0.342 e. The van der Waals surface area contributed by atoms with Crippen LogP contribution in [-0.2, 0) is 9.53 Å². The van der Waals surface area contributed by atoms with Gasteiger partial charge in [-0.2, -0.15) is 5.10 Å². The van der Waals surface area contributed by atoms with Gasteiger partial charge >= 0.3 is 11.7 Å². The first-order valence-corrected chi connectivity index (χ1v) is 4.50. The van der Waals surface area contributed by atoms with E-state index >= 15 is 0 Å². The summed E-state index contributed by atoms with van der Waals surface area (Å²) in [6.45, 7) is 0. The summed E-state index contributed by atoms with van der Waals surface area (Å²) in [5.74, 6) is -0.499. The van der Waals surface area contributed by atoms with E-state index in [2.05, 4.69) is 9.84 Å². The van der Waals surface area contributed by atoms with E-state index in [1.165, 1.54) is 7.11 Å². The highest BCUT2D eigenvalue weighted by atomic mass is 32.2. The number of H-pyrrole nitrogens is 2. The number of hydrogen-bond acceptors (Lipinski definition) is 6.